The van der Waals surface area contributed by atoms with Gasteiger partial charge in [-0.2, -0.15) is 5.26 Å². The van der Waals surface area contributed by atoms with Gasteiger partial charge in [0, 0.05) is 12.3 Å². The van der Waals surface area contributed by atoms with Crippen molar-refractivity contribution in [1.29, 1.82) is 5.26 Å². The van der Waals surface area contributed by atoms with E-state index in [4.69, 9.17) is 0 Å². The predicted octanol–water partition coefficient (Wildman–Crippen LogP) is 2.49. The molecule has 2 fully saturated rings. The van der Waals surface area contributed by atoms with Crippen molar-refractivity contribution < 1.29 is 9.90 Å². The van der Waals surface area contributed by atoms with Crippen molar-refractivity contribution >= 4 is 5.78 Å². The third kappa shape index (κ3) is 1.000. The van der Waals surface area contributed by atoms with Crippen molar-refractivity contribution in [1.82, 2.24) is 0 Å². The standard InChI is InChI=1S/C13H15NO2/c14-7-13-5-1-2-8(13)6-9-10(13)3-4-11(15)12(9)16/h8,10,16H,1-6H2/t8-,10+,13+/m0/s1. The molecule has 0 saturated heterocycles. The van der Waals surface area contributed by atoms with Crippen molar-refractivity contribution in [3.05, 3.63) is 11.3 Å². The Bertz CT molecular complexity index is 432. The van der Waals surface area contributed by atoms with Gasteiger partial charge in [0.15, 0.2) is 11.5 Å². The van der Waals surface area contributed by atoms with Crippen molar-refractivity contribution in [2.24, 2.45) is 17.3 Å². The molecule has 3 nitrogen and oxygen atoms in total. The zero-order chi connectivity index (χ0) is 11.3. The number of hydrogen-bond donors (Lipinski definition) is 1. The molecule has 0 amide bonds. The Morgan fingerprint density at radius 3 is 3.00 bits per heavy atom. The molecule has 0 radical (unpaired) electrons. The third-order valence-electron chi connectivity index (χ3n) is 4.82. The van der Waals surface area contributed by atoms with E-state index >= 15 is 0 Å². The Kier molecular flexibility index (Phi) is 1.92. The van der Waals surface area contributed by atoms with Crippen LogP contribution in [-0.4, -0.2) is 10.9 Å². The monoisotopic (exact) mass is 217 g/mol. The molecule has 2 saturated carbocycles. The number of allylic oxidation sites excluding steroid dienone is 2. The van der Waals surface area contributed by atoms with Crippen LogP contribution in [0.5, 0.6) is 0 Å². The molecule has 3 aliphatic carbocycles. The molecular formula is C13H15NO2. The maximum atomic E-state index is 11.5. The summed E-state index contributed by atoms with van der Waals surface area (Å²) in [6, 6.07) is 2.52. The fourth-order valence-electron chi connectivity index (χ4n) is 4.06. The molecule has 3 rings (SSSR count). The molecule has 3 atom stereocenters. The van der Waals surface area contributed by atoms with E-state index in [0.29, 0.717) is 12.3 Å². The summed E-state index contributed by atoms with van der Waals surface area (Å²) in [6.07, 6.45) is 5.10. The van der Waals surface area contributed by atoms with Crippen molar-refractivity contribution in [3.8, 4) is 6.07 Å². The van der Waals surface area contributed by atoms with Crippen LogP contribution in [0, 0.1) is 28.6 Å². The van der Waals surface area contributed by atoms with Gasteiger partial charge >= 0.3 is 0 Å². The smallest absolute Gasteiger partial charge is 0.197 e. The van der Waals surface area contributed by atoms with E-state index in [0.717, 1.165) is 37.7 Å². The Labute approximate surface area is 94.8 Å². The number of nitrogens with zero attached hydrogens (tertiary/aromatic N) is 1. The molecule has 3 heteroatoms. The summed E-state index contributed by atoms with van der Waals surface area (Å²) >= 11 is 0. The minimum atomic E-state index is -0.260. The molecule has 0 spiro atoms. The fraction of sp³-hybridized carbons (Fsp3) is 0.692. The highest BCUT2D eigenvalue weighted by molar-refractivity contribution is 5.95. The Morgan fingerprint density at radius 1 is 1.44 bits per heavy atom. The number of fused-ring (bicyclic) bond motifs is 3. The Balaban J connectivity index is 2.09. The van der Waals surface area contributed by atoms with Crippen molar-refractivity contribution in [2.75, 3.05) is 0 Å². The van der Waals surface area contributed by atoms with Gasteiger partial charge in [0.25, 0.3) is 0 Å². The fourth-order valence-corrected chi connectivity index (χ4v) is 4.06. The van der Waals surface area contributed by atoms with Gasteiger partial charge in [-0.3, -0.25) is 4.79 Å². The number of Topliss-reactive ketones (excluding diaryl/α,β-unsaturated/α-hetero) is 1. The minimum Gasteiger partial charge on any atom is -0.504 e. The van der Waals surface area contributed by atoms with Crippen LogP contribution in [0.15, 0.2) is 11.3 Å². The van der Waals surface area contributed by atoms with Crippen LogP contribution in [-0.2, 0) is 4.79 Å². The second-order valence-corrected chi connectivity index (χ2v) is 5.33. The van der Waals surface area contributed by atoms with Crippen LogP contribution in [0.2, 0.25) is 0 Å². The zero-order valence-corrected chi connectivity index (χ0v) is 9.20. The lowest BCUT2D eigenvalue weighted by Crippen LogP contribution is -2.29. The number of ketones is 1. The predicted molar refractivity (Wildman–Crippen MR) is 57.4 cm³/mol. The van der Waals surface area contributed by atoms with E-state index in [1.165, 1.54) is 0 Å². The molecule has 0 bridgehead atoms. The van der Waals surface area contributed by atoms with Crippen molar-refractivity contribution in [2.45, 2.75) is 38.5 Å². The van der Waals surface area contributed by atoms with E-state index < -0.39 is 0 Å². The van der Waals surface area contributed by atoms with Crippen LogP contribution in [0.1, 0.15) is 38.5 Å². The summed E-state index contributed by atoms with van der Waals surface area (Å²) in [5.41, 5.74) is 0.631. The van der Waals surface area contributed by atoms with Gasteiger partial charge in [0.2, 0.25) is 0 Å². The molecule has 16 heavy (non-hydrogen) atoms. The Morgan fingerprint density at radius 2 is 2.25 bits per heavy atom. The topological polar surface area (TPSA) is 61.1 Å². The molecule has 3 aliphatic rings. The molecule has 0 aromatic rings. The number of aliphatic hydroxyl groups is 1. The van der Waals surface area contributed by atoms with Gasteiger partial charge in [-0.15, -0.1) is 0 Å². The molecule has 1 N–H and O–H groups in total. The van der Waals surface area contributed by atoms with Gasteiger partial charge in [-0.1, -0.05) is 6.42 Å². The number of hydrogen-bond acceptors (Lipinski definition) is 3. The lowest BCUT2D eigenvalue weighted by molar-refractivity contribution is -0.119. The molecule has 0 heterocycles. The van der Waals surface area contributed by atoms with E-state index in [2.05, 4.69) is 6.07 Å². The van der Waals surface area contributed by atoms with Crippen LogP contribution in [0.25, 0.3) is 0 Å². The van der Waals surface area contributed by atoms with E-state index in [9.17, 15) is 15.2 Å². The normalized spacial score (nSPS) is 41.8. The highest BCUT2D eigenvalue weighted by Gasteiger charge is 2.57. The second-order valence-electron chi connectivity index (χ2n) is 5.33. The van der Waals surface area contributed by atoms with Gasteiger partial charge < -0.3 is 5.11 Å². The van der Waals surface area contributed by atoms with Gasteiger partial charge in [-0.25, -0.2) is 0 Å². The summed E-state index contributed by atoms with van der Waals surface area (Å²) in [5, 5.41) is 19.3. The minimum absolute atomic E-state index is 0.0136. The van der Waals surface area contributed by atoms with E-state index in [1.807, 2.05) is 0 Å². The zero-order valence-electron chi connectivity index (χ0n) is 9.20. The molecule has 0 aliphatic heterocycles. The highest BCUT2D eigenvalue weighted by Crippen LogP contribution is 2.62. The quantitative estimate of drug-likeness (QED) is 0.678. The number of rotatable bonds is 0. The summed E-state index contributed by atoms with van der Waals surface area (Å²) in [6.45, 7) is 0. The third-order valence-corrected chi connectivity index (χ3v) is 4.82. The second kappa shape index (κ2) is 3.10. The first-order valence-corrected chi connectivity index (χ1v) is 6.05. The number of aliphatic hydroxyl groups excluding tert-OH is 1. The molecule has 0 aromatic carbocycles. The SMILES string of the molecule is N#C[C@]12CCC[C@H]1CC1=C(O)C(=O)CC[C@H]12. The highest BCUT2D eigenvalue weighted by atomic mass is 16.3. The first-order valence-electron chi connectivity index (χ1n) is 6.05. The first kappa shape index (κ1) is 9.89. The van der Waals surface area contributed by atoms with E-state index in [-0.39, 0.29) is 22.9 Å². The maximum Gasteiger partial charge on any atom is 0.197 e. The van der Waals surface area contributed by atoms with Gasteiger partial charge in [0.1, 0.15) is 0 Å². The summed E-state index contributed by atoms with van der Waals surface area (Å²) in [7, 11) is 0. The summed E-state index contributed by atoms with van der Waals surface area (Å²) in [5.74, 6) is 0.396. The average Bonchev–Trinajstić information content (AvgIpc) is 2.80. The van der Waals surface area contributed by atoms with Crippen LogP contribution >= 0.6 is 0 Å². The molecule has 0 aromatic heterocycles. The van der Waals surface area contributed by atoms with E-state index in [1.54, 1.807) is 0 Å². The number of nitriles is 1. The van der Waals surface area contributed by atoms with Gasteiger partial charge in [0.05, 0.1) is 11.5 Å². The average molecular weight is 217 g/mol. The lowest BCUT2D eigenvalue weighted by atomic mass is 9.70. The Hall–Kier alpha value is -1.30. The first-order chi connectivity index (χ1) is 7.69. The lowest BCUT2D eigenvalue weighted by Gasteiger charge is -2.30. The largest absolute Gasteiger partial charge is 0.504 e. The van der Waals surface area contributed by atoms with Crippen molar-refractivity contribution in [3.63, 3.8) is 0 Å². The van der Waals surface area contributed by atoms with Gasteiger partial charge in [-0.05, 0) is 37.2 Å². The maximum absolute atomic E-state index is 11.5. The summed E-state index contributed by atoms with van der Waals surface area (Å²) in [4.78, 5) is 11.5. The molecular weight excluding hydrogens is 202 g/mol. The molecule has 84 valence electrons. The number of carbonyl (C=O) groups is 1. The van der Waals surface area contributed by atoms with Crippen LogP contribution in [0.3, 0.4) is 0 Å². The number of carbonyl (C=O) groups excluding carboxylic acids is 1. The molecule has 0 unspecified atom stereocenters. The van der Waals surface area contributed by atoms with Crippen LogP contribution < -0.4 is 0 Å². The summed E-state index contributed by atoms with van der Waals surface area (Å²) < 4.78 is 0. The van der Waals surface area contributed by atoms with Crippen LogP contribution in [0.4, 0.5) is 0 Å².